The summed E-state index contributed by atoms with van der Waals surface area (Å²) >= 11 is 0. The Labute approximate surface area is 125 Å². The number of rotatable bonds is 5. The highest BCUT2D eigenvalue weighted by atomic mass is 16.3. The van der Waals surface area contributed by atoms with Gasteiger partial charge in [-0.2, -0.15) is 0 Å². The number of aliphatic hydroxyl groups excluding tert-OH is 1. The second kappa shape index (κ2) is 6.76. The Bertz CT molecular complexity index is 465. The Morgan fingerprint density at radius 3 is 2.67 bits per heavy atom. The van der Waals surface area contributed by atoms with Crippen molar-refractivity contribution in [1.82, 2.24) is 10.3 Å². The maximum absolute atomic E-state index is 11.9. The normalized spacial score (nSPS) is 17.4. The number of aromatic nitrogens is 1. The first-order valence-corrected chi connectivity index (χ1v) is 7.47. The zero-order valence-corrected chi connectivity index (χ0v) is 12.7. The van der Waals surface area contributed by atoms with Gasteiger partial charge in [-0.3, -0.25) is 0 Å². The highest BCUT2D eigenvalue weighted by Gasteiger charge is 2.23. The number of pyridine rings is 1. The molecule has 0 spiro atoms. The molecule has 0 aliphatic carbocycles. The second-order valence-electron chi connectivity index (χ2n) is 5.75. The SMILES string of the molecule is CCC(C)(CO)NC(=O)Nc1ccc(N2CCCC2)nc1. The fourth-order valence-corrected chi connectivity index (χ4v) is 2.27. The maximum Gasteiger partial charge on any atom is 0.319 e. The number of carbonyl (C=O) groups excluding carboxylic acids is 1. The summed E-state index contributed by atoms with van der Waals surface area (Å²) < 4.78 is 0. The summed E-state index contributed by atoms with van der Waals surface area (Å²) in [6.07, 6.45) is 4.74. The zero-order chi connectivity index (χ0) is 15.3. The first-order valence-electron chi connectivity index (χ1n) is 7.47. The summed E-state index contributed by atoms with van der Waals surface area (Å²) in [5.74, 6) is 0.951. The Kier molecular flexibility index (Phi) is 5.01. The van der Waals surface area contributed by atoms with Crippen LogP contribution in [-0.4, -0.2) is 41.4 Å². The van der Waals surface area contributed by atoms with Crippen LogP contribution in [0.25, 0.3) is 0 Å². The molecule has 3 N–H and O–H groups in total. The Balaban J connectivity index is 1.92. The Hall–Kier alpha value is -1.82. The maximum atomic E-state index is 11.9. The van der Waals surface area contributed by atoms with Gasteiger partial charge in [0.15, 0.2) is 0 Å². The number of hydrogen-bond acceptors (Lipinski definition) is 4. The van der Waals surface area contributed by atoms with Crippen molar-refractivity contribution in [3.63, 3.8) is 0 Å². The van der Waals surface area contributed by atoms with Gasteiger partial charge in [0.25, 0.3) is 0 Å². The molecule has 2 amide bonds. The third-order valence-corrected chi connectivity index (χ3v) is 3.98. The molecule has 0 aromatic carbocycles. The third-order valence-electron chi connectivity index (χ3n) is 3.98. The van der Waals surface area contributed by atoms with Crippen LogP contribution in [-0.2, 0) is 0 Å². The van der Waals surface area contributed by atoms with E-state index in [0.717, 1.165) is 18.9 Å². The van der Waals surface area contributed by atoms with Crippen LogP contribution in [0.4, 0.5) is 16.3 Å². The zero-order valence-electron chi connectivity index (χ0n) is 12.7. The van der Waals surface area contributed by atoms with Crippen molar-refractivity contribution < 1.29 is 9.90 Å². The summed E-state index contributed by atoms with van der Waals surface area (Å²) in [6, 6.07) is 3.44. The molecular weight excluding hydrogens is 268 g/mol. The van der Waals surface area contributed by atoms with Gasteiger partial charge < -0.3 is 20.6 Å². The first kappa shape index (κ1) is 15.6. The Morgan fingerprint density at radius 1 is 1.43 bits per heavy atom. The molecule has 1 aliphatic rings. The highest BCUT2D eigenvalue weighted by molar-refractivity contribution is 5.89. The van der Waals surface area contributed by atoms with Crippen molar-refractivity contribution in [1.29, 1.82) is 0 Å². The standard InChI is InChI=1S/C15H24N4O2/c1-3-15(2,11-20)18-14(21)17-12-6-7-13(16-10-12)19-8-4-5-9-19/h6-7,10,20H,3-5,8-9,11H2,1-2H3,(H2,17,18,21). The molecule has 2 rings (SSSR count). The van der Waals surface area contributed by atoms with Crippen molar-refractivity contribution in [3.05, 3.63) is 18.3 Å². The predicted octanol–water partition coefficient (Wildman–Crippen LogP) is 1.96. The number of nitrogens with zero attached hydrogens (tertiary/aromatic N) is 2. The van der Waals surface area contributed by atoms with Crippen LogP contribution in [0, 0.1) is 0 Å². The van der Waals surface area contributed by atoms with Crippen molar-refractivity contribution in [2.24, 2.45) is 0 Å². The largest absolute Gasteiger partial charge is 0.394 e. The van der Waals surface area contributed by atoms with Crippen LogP contribution in [0.1, 0.15) is 33.1 Å². The van der Waals surface area contributed by atoms with E-state index in [4.69, 9.17) is 0 Å². The molecule has 1 aromatic rings. The molecule has 6 heteroatoms. The molecule has 1 aromatic heterocycles. The van der Waals surface area contributed by atoms with Crippen LogP contribution in [0.2, 0.25) is 0 Å². The van der Waals surface area contributed by atoms with E-state index in [2.05, 4.69) is 20.5 Å². The van der Waals surface area contributed by atoms with Gasteiger partial charge in [-0.1, -0.05) is 6.92 Å². The molecule has 0 bridgehead atoms. The molecule has 1 aliphatic heterocycles. The lowest BCUT2D eigenvalue weighted by Crippen LogP contribution is -2.50. The van der Waals surface area contributed by atoms with Gasteiger partial charge in [-0.05, 0) is 38.3 Å². The lowest BCUT2D eigenvalue weighted by atomic mass is 10.0. The summed E-state index contributed by atoms with van der Waals surface area (Å²) in [6.45, 7) is 5.73. The van der Waals surface area contributed by atoms with Gasteiger partial charge in [0.1, 0.15) is 5.82 Å². The average molecular weight is 292 g/mol. The van der Waals surface area contributed by atoms with Gasteiger partial charge in [0.05, 0.1) is 24.0 Å². The van der Waals surface area contributed by atoms with Gasteiger partial charge in [-0.15, -0.1) is 0 Å². The van der Waals surface area contributed by atoms with Gasteiger partial charge in [0, 0.05) is 13.1 Å². The van der Waals surface area contributed by atoms with E-state index in [0.29, 0.717) is 12.1 Å². The summed E-state index contributed by atoms with van der Waals surface area (Å²) in [7, 11) is 0. The summed E-state index contributed by atoms with van der Waals surface area (Å²) in [4.78, 5) is 18.5. The van der Waals surface area contributed by atoms with Crippen LogP contribution >= 0.6 is 0 Å². The van der Waals surface area contributed by atoms with Crippen molar-refractivity contribution in [2.45, 2.75) is 38.6 Å². The second-order valence-corrected chi connectivity index (χ2v) is 5.75. The first-order chi connectivity index (χ1) is 10.1. The molecule has 1 unspecified atom stereocenters. The molecule has 21 heavy (non-hydrogen) atoms. The fraction of sp³-hybridized carbons (Fsp3) is 0.600. The quantitative estimate of drug-likeness (QED) is 0.775. The van der Waals surface area contributed by atoms with E-state index in [1.165, 1.54) is 12.8 Å². The minimum atomic E-state index is -0.604. The molecule has 0 radical (unpaired) electrons. The number of amides is 2. The minimum Gasteiger partial charge on any atom is -0.394 e. The van der Waals surface area contributed by atoms with E-state index in [1.54, 1.807) is 13.1 Å². The number of urea groups is 1. The molecule has 6 nitrogen and oxygen atoms in total. The highest BCUT2D eigenvalue weighted by Crippen LogP contribution is 2.19. The molecule has 2 heterocycles. The van der Waals surface area contributed by atoms with E-state index in [1.807, 2.05) is 19.1 Å². The van der Waals surface area contributed by atoms with E-state index in [9.17, 15) is 9.90 Å². The fourth-order valence-electron chi connectivity index (χ4n) is 2.27. The molecular formula is C15H24N4O2. The molecule has 116 valence electrons. The minimum absolute atomic E-state index is 0.0942. The van der Waals surface area contributed by atoms with Crippen LogP contribution in [0.15, 0.2) is 18.3 Å². The van der Waals surface area contributed by atoms with Gasteiger partial charge in [0.2, 0.25) is 0 Å². The van der Waals surface area contributed by atoms with E-state index in [-0.39, 0.29) is 12.6 Å². The Morgan fingerprint density at radius 2 is 2.14 bits per heavy atom. The van der Waals surface area contributed by atoms with Crippen molar-refractivity contribution in [2.75, 3.05) is 29.9 Å². The van der Waals surface area contributed by atoms with Crippen molar-refractivity contribution in [3.8, 4) is 0 Å². The molecule has 1 atom stereocenters. The number of carbonyl (C=O) groups is 1. The third kappa shape index (κ3) is 4.07. The predicted molar refractivity (Wildman–Crippen MR) is 83.6 cm³/mol. The average Bonchev–Trinajstić information content (AvgIpc) is 3.02. The van der Waals surface area contributed by atoms with E-state index < -0.39 is 5.54 Å². The topological polar surface area (TPSA) is 77.5 Å². The van der Waals surface area contributed by atoms with Crippen LogP contribution in [0.5, 0.6) is 0 Å². The summed E-state index contributed by atoms with van der Waals surface area (Å²) in [5, 5.41) is 14.8. The molecule has 1 saturated heterocycles. The van der Waals surface area contributed by atoms with Crippen LogP contribution < -0.4 is 15.5 Å². The number of hydrogen-bond donors (Lipinski definition) is 3. The summed E-state index contributed by atoms with van der Waals surface area (Å²) in [5.41, 5.74) is 0.0411. The van der Waals surface area contributed by atoms with Gasteiger partial charge >= 0.3 is 6.03 Å². The smallest absolute Gasteiger partial charge is 0.319 e. The number of nitrogens with one attached hydrogen (secondary N) is 2. The number of anilines is 2. The lowest BCUT2D eigenvalue weighted by Gasteiger charge is -2.27. The van der Waals surface area contributed by atoms with Crippen molar-refractivity contribution >= 4 is 17.5 Å². The number of aliphatic hydroxyl groups is 1. The lowest BCUT2D eigenvalue weighted by molar-refractivity contribution is 0.172. The van der Waals surface area contributed by atoms with E-state index >= 15 is 0 Å². The monoisotopic (exact) mass is 292 g/mol. The molecule has 0 saturated carbocycles. The molecule has 1 fully saturated rings. The van der Waals surface area contributed by atoms with Gasteiger partial charge in [-0.25, -0.2) is 9.78 Å². The van der Waals surface area contributed by atoms with Crippen LogP contribution in [0.3, 0.4) is 0 Å².